The summed E-state index contributed by atoms with van der Waals surface area (Å²) in [6, 6.07) is 7.74. The minimum Gasteiger partial charge on any atom is -0.399 e. The van der Waals surface area contributed by atoms with E-state index in [9.17, 15) is 4.79 Å². The lowest BCUT2D eigenvalue weighted by Crippen LogP contribution is -2.26. The van der Waals surface area contributed by atoms with Crippen LogP contribution in [0.2, 0.25) is 0 Å². The molecule has 0 bridgehead atoms. The first kappa shape index (κ1) is 13.9. The van der Waals surface area contributed by atoms with Crippen molar-refractivity contribution in [2.45, 2.75) is 45.1 Å². The van der Waals surface area contributed by atoms with Gasteiger partial charge in [0.1, 0.15) is 0 Å². The van der Waals surface area contributed by atoms with Crippen molar-refractivity contribution >= 4 is 11.6 Å². The summed E-state index contributed by atoms with van der Waals surface area (Å²) in [5.74, 6) is 1.03. The first-order valence-corrected chi connectivity index (χ1v) is 7.23. The molecule has 0 unspecified atom stereocenters. The molecule has 0 heterocycles. The first-order chi connectivity index (χ1) is 9.15. The lowest BCUT2D eigenvalue weighted by atomic mass is 10.0. The zero-order chi connectivity index (χ0) is 13.7. The highest BCUT2D eigenvalue weighted by Gasteiger charge is 2.17. The second-order valence-electron chi connectivity index (χ2n) is 5.68. The fourth-order valence-electron chi connectivity index (χ4n) is 2.87. The Hall–Kier alpha value is -1.51. The van der Waals surface area contributed by atoms with Gasteiger partial charge < -0.3 is 10.6 Å². The molecule has 2 N–H and O–H groups in total. The van der Waals surface area contributed by atoms with Gasteiger partial charge in [0.05, 0.1) is 0 Å². The summed E-state index contributed by atoms with van der Waals surface area (Å²) in [7, 11) is 1.88. The lowest BCUT2D eigenvalue weighted by Gasteiger charge is -2.18. The van der Waals surface area contributed by atoms with Gasteiger partial charge >= 0.3 is 0 Å². The van der Waals surface area contributed by atoms with Gasteiger partial charge in [0.2, 0.25) is 5.91 Å². The maximum Gasteiger partial charge on any atom is 0.222 e. The van der Waals surface area contributed by atoms with Crippen LogP contribution >= 0.6 is 0 Å². The Morgan fingerprint density at radius 2 is 2.11 bits per heavy atom. The number of amides is 1. The maximum absolute atomic E-state index is 12.1. The van der Waals surface area contributed by atoms with Crippen molar-refractivity contribution in [1.29, 1.82) is 0 Å². The zero-order valence-electron chi connectivity index (χ0n) is 11.8. The summed E-state index contributed by atoms with van der Waals surface area (Å²) < 4.78 is 0. The van der Waals surface area contributed by atoms with Gasteiger partial charge in [0, 0.05) is 25.7 Å². The summed E-state index contributed by atoms with van der Waals surface area (Å²) in [6.45, 7) is 0.647. The fourth-order valence-corrected chi connectivity index (χ4v) is 2.87. The molecular weight excluding hydrogens is 236 g/mol. The van der Waals surface area contributed by atoms with E-state index in [1.54, 1.807) is 0 Å². The van der Waals surface area contributed by atoms with E-state index in [0.29, 0.717) is 13.0 Å². The molecule has 2 rings (SSSR count). The van der Waals surface area contributed by atoms with Gasteiger partial charge in [0.25, 0.3) is 0 Å². The minimum atomic E-state index is 0.245. The molecule has 0 aliphatic heterocycles. The third-order valence-corrected chi connectivity index (χ3v) is 4.04. The normalized spacial score (nSPS) is 15.6. The molecule has 0 spiro atoms. The summed E-state index contributed by atoms with van der Waals surface area (Å²) >= 11 is 0. The number of benzene rings is 1. The highest BCUT2D eigenvalue weighted by molar-refractivity contribution is 5.75. The topological polar surface area (TPSA) is 46.3 Å². The summed E-state index contributed by atoms with van der Waals surface area (Å²) in [4.78, 5) is 13.9. The molecule has 3 heteroatoms. The van der Waals surface area contributed by atoms with Crippen molar-refractivity contribution < 1.29 is 4.79 Å². The van der Waals surface area contributed by atoms with Gasteiger partial charge in [-0.3, -0.25) is 4.79 Å². The Morgan fingerprint density at radius 1 is 1.37 bits per heavy atom. The number of nitrogen functional groups attached to an aromatic ring is 1. The van der Waals surface area contributed by atoms with Crippen LogP contribution < -0.4 is 5.73 Å². The fraction of sp³-hybridized carbons (Fsp3) is 0.562. The molecule has 1 amide bonds. The van der Waals surface area contributed by atoms with E-state index in [2.05, 4.69) is 0 Å². The zero-order valence-corrected chi connectivity index (χ0v) is 11.8. The number of carbonyl (C=O) groups is 1. The maximum atomic E-state index is 12.1. The third-order valence-electron chi connectivity index (χ3n) is 4.04. The van der Waals surface area contributed by atoms with Crippen LogP contribution in [0.1, 0.15) is 44.1 Å². The van der Waals surface area contributed by atoms with E-state index in [4.69, 9.17) is 5.73 Å². The smallest absolute Gasteiger partial charge is 0.222 e. The van der Waals surface area contributed by atoms with Crippen LogP contribution in [-0.2, 0) is 11.3 Å². The van der Waals surface area contributed by atoms with E-state index < -0.39 is 0 Å². The Balaban J connectivity index is 1.78. The van der Waals surface area contributed by atoms with Crippen LogP contribution in [0.4, 0.5) is 5.69 Å². The Bertz CT molecular complexity index is 425. The van der Waals surface area contributed by atoms with Crippen molar-refractivity contribution in [1.82, 2.24) is 4.90 Å². The molecule has 0 radical (unpaired) electrons. The second-order valence-corrected chi connectivity index (χ2v) is 5.68. The van der Waals surface area contributed by atoms with Crippen molar-refractivity contribution in [2.75, 3.05) is 12.8 Å². The minimum absolute atomic E-state index is 0.245. The van der Waals surface area contributed by atoms with Gasteiger partial charge in [-0.15, -0.1) is 0 Å². The number of hydrogen-bond donors (Lipinski definition) is 1. The molecule has 1 aromatic carbocycles. The van der Waals surface area contributed by atoms with Gasteiger partial charge in [0.15, 0.2) is 0 Å². The van der Waals surface area contributed by atoms with E-state index in [-0.39, 0.29) is 5.91 Å². The summed E-state index contributed by atoms with van der Waals surface area (Å²) in [6.07, 6.45) is 7.05. The predicted octanol–water partition coefficient (Wildman–Crippen LogP) is 3.20. The van der Waals surface area contributed by atoms with E-state index in [0.717, 1.165) is 23.6 Å². The average Bonchev–Trinajstić information content (AvgIpc) is 2.89. The van der Waals surface area contributed by atoms with Crippen LogP contribution in [0.15, 0.2) is 24.3 Å². The molecule has 0 aromatic heterocycles. The van der Waals surface area contributed by atoms with E-state index in [1.807, 2.05) is 36.2 Å². The molecule has 104 valence electrons. The van der Waals surface area contributed by atoms with Crippen LogP contribution in [0.3, 0.4) is 0 Å². The first-order valence-electron chi connectivity index (χ1n) is 7.23. The number of nitrogens with two attached hydrogens (primary N) is 1. The van der Waals surface area contributed by atoms with Crippen LogP contribution in [0, 0.1) is 5.92 Å². The highest BCUT2D eigenvalue weighted by atomic mass is 16.2. The number of rotatable bonds is 5. The molecule has 1 aliphatic carbocycles. The SMILES string of the molecule is CN(Cc1cccc(N)c1)C(=O)CCC1CCCC1. The quantitative estimate of drug-likeness (QED) is 0.826. The standard InChI is InChI=1S/C16H24N2O/c1-18(12-14-7-4-8-15(17)11-14)16(19)10-9-13-5-2-3-6-13/h4,7-8,11,13H,2-3,5-6,9-10,12,17H2,1H3. The number of carbonyl (C=O) groups excluding carboxylic acids is 1. The van der Waals surface area contributed by atoms with Crippen LogP contribution in [0.5, 0.6) is 0 Å². The van der Waals surface area contributed by atoms with Crippen molar-refractivity contribution in [3.63, 3.8) is 0 Å². The second kappa shape index (κ2) is 6.60. The van der Waals surface area contributed by atoms with Crippen LogP contribution in [-0.4, -0.2) is 17.9 Å². The number of anilines is 1. The molecule has 19 heavy (non-hydrogen) atoms. The van der Waals surface area contributed by atoms with E-state index in [1.165, 1.54) is 25.7 Å². The largest absolute Gasteiger partial charge is 0.399 e. The monoisotopic (exact) mass is 260 g/mol. The van der Waals surface area contributed by atoms with Crippen molar-refractivity contribution in [2.24, 2.45) is 5.92 Å². The molecule has 1 fully saturated rings. The van der Waals surface area contributed by atoms with Crippen LogP contribution in [0.25, 0.3) is 0 Å². The van der Waals surface area contributed by atoms with Gasteiger partial charge in [-0.1, -0.05) is 37.8 Å². The molecule has 0 saturated heterocycles. The molecular formula is C16H24N2O. The van der Waals surface area contributed by atoms with Crippen molar-refractivity contribution in [3.05, 3.63) is 29.8 Å². The van der Waals surface area contributed by atoms with Gasteiger partial charge in [-0.2, -0.15) is 0 Å². The molecule has 1 saturated carbocycles. The summed E-state index contributed by atoms with van der Waals surface area (Å²) in [5.41, 5.74) is 7.60. The average molecular weight is 260 g/mol. The number of hydrogen-bond acceptors (Lipinski definition) is 2. The molecule has 1 aliphatic rings. The van der Waals surface area contributed by atoms with E-state index >= 15 is 0 Å². The Morgan fingerprint density at radius 3 is 2.79 bits per heavy atom. The van der Waals surface area contributed by atoms with Gasteiger partial charge in [-0.05, 0) is 30.0 Å². The molecule has 0 atom stereocenters. The molecule has 3 nitrogen and oxygen atoms in total. The Kier molecular flexibility index (Phi) is 4.83. The van der Waals surface area contributed by atoms with Crippen molar-refractivity contribution in [3.8, 4) is 0 Å². The number of nitrogens with zero attached hydrogens (tertiary/aromatic N) is 1. The Labute approximate surface area is 115 Å². The third kappa shape index (κ3) is 4.27. The highest BCUT2D eigenvalue weighted by Crippen LogP contribution is 2.28. The lowest BCUT2D eigenvalue weighted by molar-refractivity contribution is -0.130. The predicted molar refractivity (Wildman–Crippen MR) is 78.5 cm³/mol. The summed E-state index contributed by atoms with van der Waals surface area (Å²) in [5, 5.41) is 0. The van der Waals surface area contributed by atoms with Gasteiger partial charge in [-0.25, -0.2) is 0 Å². The molecule has 1 aromatic rings.